The number of carbonyl (C=O) groups is 1. The van der Waals surface area contributed by atoms with Gasteiger partial charge in [0.1, 0.15) is 11.9 Å². The number of rotatable bonds is 9. The molecule has 1 aromatic rings. The van der Waals surface area contributed by atoms with Gasteiger partial charge in [-0.15, -0.1) is 0 Å². The van der Waals surface area contributed by atoms with E-state index in [1.54, 1.807) is 16.4 Å². The molecule has 0 bridgehead atoms. The molecule has 0 saturated carbocycles. The fourth-order valence-corrected chi connectivity index (χ4v) is 2.84. The first-order chi connectivity index (χ1) is 9.05. The molecular formula is C12H22N4O2S. The maximum Gasteiger partial charge on any atom is 0.323 e. The maximum absolute atomic E-state index is 11.4. The summed E-state index contributed by atoms with van der Waals surface area (Å²) in [4.78, 5) is 15.5. The summed E-state index contributed by atoms with van der Waals surface area (Å²) in [6.45, 7) is 4.50. The molecule has 0 aliphatic heterocycles. The van der Waals surface area contributed by atoms with E-state index < -0.39 is 11.5 Å². The molecule has 0 aliphatic carbocycles. The van der Waals surface area contributed by atoms with Crippen LogP contribution in [0.2, 0.25) is 0 Å². The Kier molecular flexibility index (Phi) is 6.30. The first kappa shape index (κ1) is 16.0. The second-order valence-electron chi connectivity index (χ2n) is 4.39. The van der Waals surface area contributed by atoms with Gasteiger partial charge in [0.25, 0.3) is 0 Å². The van der Waals surface area contributed by atoms with Crippen molar-refractivity contribution in [3.05, 3.63) is 6.33 Å². The van der Waals surface area contributed by atoms with Gasteiger partial charge < -0.3 is 10.4 Å². The van der Waals surface area contributed by atoms with E-state index in [4.69, 9.17) is 0 Å². The van der Waals surface area contributed by atoms with E-state index in [-0.39, 0.29) is 0 Å². The lowest BCUT2D eigenvalue weighted by Crippen LogP contribution is -2.51. The lowest BCUT2D eigenvalue weighted by molar-refractivity contribution is -0.145. The van der Waals surface area contributed by atoms with Crippen LogP contribution in [0.4, 0.5) is 0 Å². The van der Waals surface area contributed by atoms with Crippen molar-refractivity contribution in [3.63, 3.8) is 0 Å². The number of aromatic nitrogens is 3. The number of nitrogens with one attached hydrogen (secondary N) is 1. The highest BCUT2D eigenvalue weighted by molar-refractivity contribution is 7.99. The van der Waals surface area contributed by atoms with Crippen molar-refractivity contribution in [1.29, 1.82) is 0 Å². The summed E-state index contributed by atoms with van der Waals surface area (Å²) in [6, 6.07) is 0. The molecule has 1 heterocycles. The van der Waals surface area contributed by atoms with E-state index in [1.165, 1.54) is 6.33 Å². The Morgan fingerprint density at radius 1 is 1.58 bits per heavy atom. The third kappa shape index (κ3) is 4.21. The molecule has 0 fully saturated rings. The Morgan fingerprint density at radius 3 is 2.79 bits per heavy atom. The van der Waals surface area contributed by atoms with Crippen LogP contribution in [-0.2, 0) is 11.8 Å². The number of hydrogen-bond acceptors (Lipinski definition) is 5. The predicted octanol–water partition coefficient (Wildman–Crippen LogP) is 1.53. The third-order valence-electron chi connectivity index (χ3n) is 3.18. The number of hydrogen-bond donors (Lipinski definition) is 2. The van der Waals surface area contributed by atoms with Gasteiger partial charge in [0.15, 0.2) is 5.16 Å². The highest BCUT2D eigenvalue weighted by Crippen LogP contribution is 2.22. The molecule has 0 aromatic carbocycles. The van der Waals surface area contributed by atoms with Gasteiger partial charge in [-0.2, -0.15) is 5.10 Å². The van der Waals surface area contributed by atoms with Gasteiger partial charge in [-0.25, -0.2) is 9.67 Å². The molecular weight excluding hydrogens is 264 g/mol. The quantitative estimate of drug-likeness (QED) is 0.529. The van der Waals surface area contributed by atoms with Crippen LogP contribution in [0.15, 0.2) is 11.5 Å². The Bertz CT molecular complexity index is 410. The van der Waals surface area contributed by atoms with Crippen LogP contribution < -0.4 is 5.32 Å². The topological polar surface area (TPSA) is 80.0 Å². The third-order valence-corrected chi connectivity index (χ3v) is 4.30. The van der Waals surface area contributed by atoms with Crippen LogP contribution in [0.25, 0.3) is 0 Å². The van der Waals surface area contributed by atoms with Crippen LogP contribution in [0.5, 0.6) is 0 Å². The van der Waals surface area contributed by atoms with Gasteiger partial charge in [0, 0.05) is 12.8 Å². The number of carboxylic acid groups (broad SMARTS) is 1. The lowest BCUT2D eigenvalue weighted by atomic mass is 9.91. The van der Waals surface area contributed by atoms with E-state index in [2.05, 4.69) is 15.4 Å². The van der Waals surface area contributed by atoms with E-state index in [1.807, 2.05) is 20.9 Å². The van der Waals surface area contributed by atoms with Crippen molar-refractivity contribution in [1.82, 2.24) is 20.1 Å². The van der Waals surface area contributed by atoms with Gasteiger partial charge in [-0.1, -0.05) is 25.6 Å². The molecule has 1 atom stereocenters. The molecule has 1 unspecified atom stereocenters. The molecule has 6 nitrogen and oxygen atoms in total. The van der Waals surface area contributed by atoms with E-state index in [0.29, 0.717) is 19.4 Å². The molecule has 0 radical (unpaired) electrons. The number of thioether (sulfide) groups is 1. The zero-order chi connectivity index (χ0) is 14.3. The second-order valence-corrected chi connectivity index (χ2v) is 5.45. The zero-order valence-electron chi connectivity index (χ0n) is 11.7. The highest BCUT2D eigenvalue weighted by atomic mass is 32.2. The molecule has 108 valence electrons. The molecule has 1 rings (SSSR count). The summed E-state index contributed by atoms with van der Waals surface area (Å²) in [7, 11) is 1.85. The second kappa shape index (κ2) is 7.49. The highest BCUT2D eigenvalue weighted by Gasteiger charge is 2.34. The summed E-state index contributed by atoms with van der Waals surface area (Å²) < 4.78 is 1.72. The number of aryl methyl sites for hydroxylation is 1. The summed E-state index contributed by atoms with van der Waals surface area (Å²) in [5.41, 5.74) is -0.796. The SMILES string of the molecule is CCNC(CC)(CCCSc1ncnn1C)C(=O)O. The zero-order valence-corrected chi connectivity index (χ0v) is 12.5. The fourth-order valence-electron chi connectivity index (χ4n) is 2.02. The van der Waals surface area contributed by atoms with Gasteiger partial charge in [0.05, 0.1) is 0 Å². The van der Waals surface area contributed by atoms with Crippen molar-refractivity contribution in [2.75, 3.05) is 12.3 Å². The van der Waals surface area contributed by atoms with Crippen molar-refractivity contribution in [2.24, 2.45) is 7.05 Å². The molecule has 0 aliphatic rings. The van der Waals surface area contributed by atoms with Crippen molar-refractivity contribution < 1.29 is 9.90 Å². The summed E-state index contributed by atoms with van der Waals surface area (Å²) >= 11 is 1.60. The van der Waals surface area contributed by atoms with Gasteiger partial charge >= 0.3 is 5.97 Å². The van der Waals surface area contributed by atoms with E-state index >= 15 is 0 Å². The summed E-state index contributed by atoms with van der Waals surface area (Å²) in [5, 5.41) is 17.4. The minimum absolute atomic E-state index is 0.588. The Morgan fingerprint density at radius 2 is 2.32 bits per heavy atom. The average Bonchev–Trinajstić information content (AvgIpc) is 2.78. The van der Waals surface area contributed by atoms with Gasteiger partial charge in [-0.3, -0.25) is 4.79 Å². The van der Waals surface area contributed by atoms with Crippen LogP contribution in [0, 0.1) is 0 Å². The average molecular weight is 286 g/mol. The van der Waals surface area contributed by atoms with Crippen molar-refractivity contribution in [2.45, 2.75) is 43.8 Å². The number of likely N-dealkylation sites (N-methyl/N-ethyl adjacent to an activating group) is 1. The molecule has 19 heavy (non-hydrogen) atoms. The molecule has 0 amide bonds. The molecule has 0 spiro atoms. The summed E-state index contributed by atoms with van der Waals surface area (Å²) in [6.07, 6.45) is 3.56. The number of nitrogens with zero attached hydrogens (tertiary/aromatic N) is 3. The number of carboxylic acids is 1. The minimum Gasteiger partial charge on any atom is -0.480 e. The van der Waals surface area contributed by atoms with E-state index in [9.17, 15) is 9.90 Å². The normalized spacial score (nSPS) is 14.3. The smallest absolute Gasteiger partial charge is 0.323 e. The minimum atomic E-state index is -0.796. The number of aliphatic carboxylic acids is 1. The van der Waals surface area contributed by atoms with Gasteiger partial charge in [-0.05, 0) is 25.8 Å². The molecule has 0 saturated heterocycles. The van der Waals surface area contributed by atoms with Crippen molar-refractivity contribution >= 4 is 17.7 Å². The fraction of sp³-hybridized carbons (Fsp3) is 0.750. The van der Waals surface area contributed by atoms with Crippen molar-refractivity contribution in [3.8, 4) is 0 Å². The first-order valence-electron chi connectivity index (χ1n) is 6.51. The van der Waals surface area contributed by atoms with Crippen LogP contribution in [0.1, 0.15) is 33.1 Å². The predicted molar refractivity (Wildman–Crippen MR) is 75.3 cm³/mol. The Labute approximate surface area is 118 Å². The van der Waals surface area contributed by atoms with Gasteiger partial charge in [0.2, 0.25) is 0 Å². The Hall–Kier alpha value is -1.08. The standard InChI is InChI=1S/C12H22N4O2S/c1-4-12(10(17)18,14-5-2)7-6-8-19-11-13-9-15-16(11)3/h9,14H,4-8H2,1-3H3,(H,17,18). The lowest BCUT2D eigenvalue weighted by Gasteiger charge is -2.29. The van der Waals surface area contributed by atoms with Crippen LogP contribution >= 0.6 is 11.8 Å². The monoisotopic (exact) mass is 286 g/mol. The van der Waals surface area contributed by atoms with E-state index in [0.717, 1.165) is 17.3 Å². The molecule has 1 aromatic heterocycles. The largest absolute Gasteiger partial charge is 0.480 e. The molecule has 2 N–H and O–H groups in total. The summed E-state index contributed by atoms with van der Waals surface area (Å²) in [5.74, 6) is 0.0768. The Balaban J connectivity index is 2.44. The van der Waals surface area contributed by atoms with Crippen LogP contribution in [0.3, 0.4) is 0 Å². The molecule has 7 heteroatoms. The maximum atomic E-state index is 11.4. The first-order valence-corrected chi connectivity index (χ1v) is 7.49. The van der Waals surface area contributed by atoms with Crippen LogP contribution in [-0.4, -0.2) is 43.7 Å².